The highest BCUT2D eigenvalue weighted by molar-refractivity contribution is 8.01. The molecule has 2 rings (SSSR count). The van der Waals surface area contributed by atoms with Gasteiger partial charge in [-0.15, -0.1) is 18.3 Å². The van der Waals surface area contributed by atoms with Crippen molar-refractivity contribution in [1.29, 1.82) is 0 Å². The summed E-state index contributed by atoms with van der Waals surface area (Å²) in [5.41, 5.74) is 0. The van der Waals surface area contributed by atoms with E-state index in [0.717, 1.165) is 62.5 Å². The molecule has 332 valence electrons. The molecule has 21 nitrogen and oxygen atoms in total. The fraction of sp³-hybridized carbons (Fsp3) is 0.703. The Hall–Kier alpha value is -4.80. The highest BCUT2D eigenvalue weighted by Crippen LogP contribution is 2.44. The van der Waals surface area contributed by atoms with Crippen LogP contribution in [0, 0.1) is 0 Å². The number of hydrogen-bond donors (Lipinski definition) is 1. The maximum absolute atomic E-state index is 14.0. The van der Waals surface area contributed by atoms with E-state index >= 15 is 0 Å². The van der Waals surface area contributed by atoms with Gasteiger partial charge in [-0.25, -0.2) is 4.79 Å². The molecular weight excluding hydrogens is 810 g/mol. The van der Waals surface area contributed by atoms with Crippen LogP contribution >= 0.6 is 11.8 Å². The SMILES string of the molecule is C=CCCCO[C@@H]1O[C@H](CS[C@@]2(C(=O)OC)C[C@H](OC(C)=O)[C@@H](NC(C)=O)[C@H]([C@H](OC(C)=O)[C@@H](COC(C)=O)OC(C)=O)O2)[C@@H](OC(C)=O)[C@H](OC(C)=O)[C@H]1OC(C)=O. The van der Waals surface area contributed by atoms with Crippen LogP contribution in [0.15, 0.2) is 12.7 Å². The van der Waals surface area contributed by atoms with Crippen LogP contribution in [0.2, 0.25) is 0 Å². The number of carbonyl (C=O) groups is 9. The number of nitrogens with one attached hydrogen (secondary N) is 1. The van der Waals surface area contributed by atoms with E-state index in [2.05, 4.69) is 11.9 Å². The first kappa shape index (κ1) is 50.3. The predicted octanol–water partition coefficient (Wildman–Crippen LogP) is 0.744. The third-order valence-electron chi connectivity index (χ3n) is 8.31. The molecule has 2 fully saturated rings. The van der Waals surface area contributed by atoms with Gasteiger partial charge in [0.15, 0.2) is 36.8 Å². The lowest BCUT2D eigenvalue weighted by Gasteiger charge is -2.49. The number of ether oxygens (including phenoxy) is 11. The fourth-order valence-corrected chi connectivity index (χ4v) is 7.68. The lowest BCUT2D eigenvalue weighted by Crippen LogP contribution is -2.68. The summed E-state index contributed by atoms with van der Waals surface area (Å²) in [6.45, 7) is 11.5. The predicted molar refractivity (Wildman–Crippen MR) is 198 cm³/mol. The summed E-state index contributed by atoms with van der Waals surface area (Å²) in [7, 11) is 1.02. The standard InChI is InChI=1S/C37H53NO20S/c1-11-12-13-14-49-35-34(56-25(9)46)33(55-24(8)45)31(54-23(7)44)28(57-35)17-59-37(36(47)48-10)15-26(51-20(4)41)29(38-18(2)39)32(58-37)30(53-22(6)43)27(52-21(5)42)16-50-19(3)40/h11,26-35H,1,12-17H2,2-10H3,(H,38,39)/t26-,27+,28+,29+,30+,31+,32+,33-,34+,35+,37+/m0/s1. The molecule has 1 amide bonds. The molecule has 11 atom stereocenters. The van der Waals surface area contributed by atoms with Crippen LogP contribution in [0.3, 0.4) is 0 Å². The van der Waals surface area contributed by atoms with Crippen molar-refractivity contribution in [2.24, 2.45) is 0 Å². The second-order valence-corrected chi connectivity index (χ2v) is 14.6. The molecule has 0 spiro atoms. The van der Waals surface area contributed by atoms with Gasteiger partial charge < -0.3 is 57.4 Å². The van der Waals surface area contributed by atoms with Crippen LogP contribution in [0.4, 0.5) is 0 Å². The molecule has 2 aliphatic heterocycles. The first-order chi connectivity index (χ1) is 27.6. The molecule has 0 aromatic rings. The first-order valence-corrected chi connectivity index (χ1v) is 19.3. The van der Waals surface area contributed by atoms with Crippen molar-refractivity contribution >= 4 is 65.4 Å². The number of carbonyl (C=O) groups excluding carboxylic acids is 9. The lowest BCUT2D eigenvalue weighted by atomic mass is 9.89. The van der Waals surface area contributed by atoms with Gasteiger partial charge in [0.25, 0.3) is 0 Å². The summed E-state index contributed by atoms with van der Waals surface area (Å²) in [4.78, 5) is 111. The van der Waals surface area contributed by atoms with E-state index in [1.165, 1.54) is 0 Å². The number of thioether (sulfide) groups is 1. The third-order valence-corrected chi connectivity index (χ3v) is 9.70. The van der Waals surface area contributed by atoms with E-state index in [0.29, 0.717) is 24.6 Å². The van der Waals surface area contributed by atoms with E-state index in [9.17, 15) is 43.2 Å². The quantitative estimate of drug-likeness (QED) is 0.0765. The largest absolute Gasteiger partial charge is 0.466 e. The van der Waals surface area contributed by atoms with E-state index in [4.69, 9.17) is 52.1 Å². The van der Waals surface area contributed by atoms with Crippen LogP contribution in [0.5, 0.6) is 0 Å². The van der Waals surface area contributed by atoms with Crippen LogP contribution < -0.4 is 5.32 Å². The summed E-state index contributed by atoms with van der Waals surface area (Å²) in [6, 6.07) is -1.43. The Morgan fingerprint density at radius 1 is 0.780 bits per heavy atom. The molecule has 0 bridgehead atoms. The van der Waals surface area contributed by atoms with Gasteiger partial charge in [-0.05, 0) is 12.8 Å². The smallest absolute Gasteiger partial charge is 0.348 e. The van der Waals surface area contributed by atoms with Crippen LogP contribution in [0.25, 0.3) is 0 Å². The van der Waals surface area contributed by atoms with Gasteiger partial charge in [-0.1, -0.05) is 6.08 Å². The Kier molecular flexibility index (Phi) is 20.2. The minimum Gasteiger partial charge on any atom is -0.466 e. The van der Waals surface area contributed by atoms with Gasteiger partial charge in [-0.3, -0.25) is 38.4 Å². The second-order valence-electron chi connectivity index (χ2n) is 13.3. The minimum atomic E-state index is -2.29. The molecule has 0 aromatic heterocycles. The number of rotatable bonds is 20. The van der Waals surface area contributed by atoms with E-state index in [1.54, 1.807) is 6.08 Å². The molecule has 59 heavy (non-hydrogen) atoms. The Morgan fingerprint density at radius 2 is 1.36 bits per heavy atom. The zero-order valence-electron chi connectivity index (χ0n) is 34.4. The Bertz CT molecular complexity index is 1550. The average Bonchev–Trinajstić information content (AvgIpc) is 3.11. The maximum Gasteiger partial charge on any atom is 0.348 e. The van der Waals surface area contributed by atoms with Crippen molar-refractivity contribution in [3.8, 4) is 0 Å². The number of unbranched alkanes of at least 4 members (excludes halogenated alkanes) is 1. The zero-order valence-corrected chi connectivity index (χ0v) is 35.2. The van der Waals surface area contributed by atoms with E-state index in [-0.39, 0.29) is 6.61 Å². The molecule has 2 saturated heterocycles. The molecule has 22 heteroatoms. The number of esters is 8. The van der Waals surface area contributed by atoms with Crippen molar-refractivity contribution in [2.45, 2.75) is 141 Å². The summed E-state index contributed by atoms with van der Waals surface area (Å²) in [5, 5.41) is 2.58. The number of methoxy groups -OCH3 is 1. The Balaban J connectivity index is 2.84. The van der Waals surface area contributed by atoms with Crippen molar-refractivity contribution < 1.29 is 95.3 Å². The van der Waals surface area contributed by atoms with Gasteiger partial charge in [0.2, 0.25) is 10.8 Å². The third kappa shape index (κ3) is 15.7. The van der Waals surface area contributed by atoms with E-state index < -0.39 is 139 Å². The summed E-state index contributed by atoms with van der Waals surface area (Å²) < 4.78 is 62.2. The maximum atomic E-state index is 14.0. The van der Waals surface area contributed by atoms with Crippen LogP contribution in [-0.4, -0.2) is 146 Å². The average molecular weight is 864 g/mol. The van der Waals surface area contributed by atoms with Gasteiger partial charge in [-0.2, -0.15) is 0 Å². The molecule has 1 N–H and O–H groups in total. The Morgan fingerprint density at radius 3 is 1.86 bits per heavy atom. The summed E-state index contributed by atoms with van der Waals surface area (Å²) >= 11 is 0.653. The van der Waals surface area contributed by atoms with Gasteiger partial charge in [0, 0.05) is 67.6 Å². The molecule has 0 aromatic carbocycles. The second kappa shape index (κ2) is 23.7. The lowest BCUT2D eigenvalue weighted by molar-refractivity contribution is -0.300. The first-order valence-electron chi connectivity index (χ1n) is 18.4. The molecule has 0 saturated carbocycles. The zero-order chi connectivity index (χ0) is 44.6. The molecule has 2 heterocycles. The van der Waals surface area contributed by atoms with Crippen molar-refractivity contribution in [2.75, 3.05) is 26.1 Å². The summed E-state index contributed by atoms with van der Waals surface area (Å²) in [6.07, 6.45) is -11.8. The van der Waals surface area contributed by atoms with Crippen LogP contribution in [-0.2, 0) is 95.3 Å². The highest BCUT2D eigenvalue weighted by Gasteiger charge is 2.60. The molecule has 0 aliphatic carbocycles. The Labute approximate surface area is 345 Å². The fourth-order valence-electron chi connectivity index (χ4n) is 6.31. The molecule has 0 radical (unpaired) electrons. The minimum absolute atomic E-state index is 0.0409. The van der Waals surface area contributed by atoms with Crippen molar-refractivity contribution in [1.82, 2.24) is 5.32 Å². The van der Waals surface area contributed by atoms with Crippen molar-refractivity contribution in [3.63, 3.8) is 0 Å². The van der Waals surface area contributed by atoms with E-state index in [1.807, 2.05) is 0 Å². The topological polar surface area (TPSA) is 267 Å². The number of hydrogen-bond acceptors (Lipinski definition) is 21. The number of amides is 1. The normalized spacial score (nSPS) is 27.3. The van der Waals surface area contributed by atoms with Gasteiger partial charge in [0.1, 0.15) is 24.9 Å². The monoisotopic (exact) mass is 863 g/mol. The molecular formula is C37H53NO20S. The van der Waals surface area contributed by atoms with Crippen LogP contribution in [0.1, 0.15) is 74.7 Å². The van der Waals surface area contributed by atoms with Crippen molar-refractivity contribution in [3.05, 3.63) is 12.7 Å². The van der Waals surface area contributed by atoms with Gasteiger partial charge >= 0.3 is 47.8 Å². The molecule has 0 unspecified atom stereocenters. The molecule has 2 aliphatic rings. The summed E-state index contributed by atoms with van der Waals surface area (Å²) in [5.74, 6) is -8.32. The van der Waals surface area contributed by atoms with Gasteiger partial charge in [0.05, 0.1) is 19.8 Å². The highest BCUT2D eigenvalue weighted by atomic mass is 32.2. The number of allylic oxidation sites excluding steroid dienone is 1.